The van der Waals surface area contributed by atoms with Crippen LogP contribution >= 0.6 is 0 Å². The van der Waals surface area contributed by atoms with Gasteiger partial charge in [-0.05, 0) is 12.1 Å². The molecular formula is C10H12FNO6S. The molecule has 1 rings (SSSR count). The van der Waals surface area contributed by atoms with E-state index in [-0.39, 0.29) is 0 Å². The molecule has 1 aromatic carbocycles. The number of hydrogen-bond donors (Lipinski definition) is 4. The molecule has 0 bridgehead atoms. The monoisotopic (exact) mass is 293 g/mol. The first-order valence-corrected chi connectivity index (χ1v) is 6.57. The van der Waals surface area contributed by atoms with Crippen LogP contribution in [-0.2, 0) is 14.8 Å². The SMILES string of the molecule is NS(=O)(=O)c1ccc(C(O)C(O)CC(=O)O)c(F)c1. The predicted molar refractivity (Wildman–Crippen MR) is 61.0 cm³/mol. The maximum Gasteiger partial charge on any atom is 0.306 e. The normalized spacial score (nSPS) is 14.9. The van der Waals surface area contributed by atoms with E-state index in [1.807, 2.05) is 0 Å². The van der Waals surface area contributed by atoms with Crippen LogP contribution in [0, 0.1) is 5.82 Å². The van der Waals surface area contributed by atoms with Crippen LogP contribution in [0.15, 0.2) is 23.1 Å². The van der Waals surface area contributed by atoms with Gasteiger partial charge in [-0.25, -0.2) is 17.9 Å². The average molecular weight is 293 g/mol. The molecule has 5 N–H and O–H groups in total. The summed E-state index contributed by atoms with van der Waals surface area (Å²) in [6.07, 6.45) is -4.28. The van der Waals surface area contributed by atoms with Gasteiger partial charge >= 0.3 is 5.97 Å². The summed E-state index contributed by atoms with van der Waals surface area (Å²) in [6.45, 7) is 0. The molecule has 0 aliphatic carbocycles. The standard InChI is InChI=1S/C10H12FNO6S/c11-7-3-5(19(12,17)18)1-2-6(7)10(16)8(13)4-9(14)15/h1-3,8,10,13,16H,4H2,(H,14,15)(H2,12,17,18). The Balaban J connectivity index is 3.06. The highest BCUT2D eigenvalue weighted by Crippen LogP contribution is 2.24. The van der Waals surface area contributed by atoms with Crippen molar-refractivity contribution in [3.63, 3.8) is 0 Å². The van der Waals surface area contributed by atoms with Crippen LogP contribution in [0.2, 0.25) is 0 Å². The van der Waals surface area contributed by atoms with Gasteiger partial charge in [-0.1, -0.05) is 6.07 Å². The summed E-state index contributed by atoms with van der Waals surface area (Å²) in [5.74, 6) is -2.48. The van der Waals surface area contributed by atoms with E-state index in [0.717, 1.165) is 12.1 Å². The third kappa shape index (κ3) is 3.96. The molecule has 0 saturated carbocycles. The fraction of sp³-hybridized carbons (Fsp3) is 0.300. The number of hydrogen-bond acceptors (Lipinski definition) is 5. The van der Waals surface area contributed by atoms with Gasteiger partial charge in [0.25, 0.3) is 0 Å². The molecule has 9 heteroatoms. The quantitative estimate of drug-likeness (QED) is 0.568. The second-order valence-electron chi connectivity index (χ2n) is 3.84. The molecule has 0 aliphatic rings. The van der Waals surface area contributed by atoms with Crippen molar-refractivity contribution >= 4 is 16.0 Å². The molecule has 0 fully saturated rings. The first-order chi connectivity index (χ1) is 8.62. The molecule has 7 nitrogen and oxygen atoms in total. The summed E-state index contributed by atoms with van der Waals surface area (Å²) in [5.41, 5.74) is -0.416. The van der Waals surface area contributed by atoms with Crippen molar-refractivity contribution < 1.29 is 32.9 Å². The van der Waals surface area contributed by atoms with Crippen molar-refractivity contribution in [3.8, 4) is 0 Å². The molecule has 0 amide bonds. The van der Waals surface area contributed by atoms with Gasteiger partial charge in [0.15, 0.2) is 0 Å². The Morgan fingerprint density at radius 2 is 1.95 bits per heavy atom. The minimum atomic E-state index is -4.09. The molecule has 106 valence electrons. The van der Waals surface area contributed by atoms with Gasteiger partial charge in [-0.3, -0.25) is 4.79 Å². The van der Waals surface area contributed by atoms with Crippen LogP contribution in [0.1, 0.15) is 18.1 Å². The van der Waals surface area contributed by atoms with E-state index >= 15 is 0 Å². The summed E-state index contributed by atoms with van der Waals surface area (Å²) in [6, 6.07) is 2.46. The molecular weight excluding hydrogens is 281 g/mol. The predicted octanol–water partition coefficient (Wildman–Crippen LogP) is -0.658. The van der Waals surface area contributed by atoms with Gasteiger partial charge in [0.2, 0.25) is 10.0 Å². The molecule has 1 aromatic rings. The van der Waals surface area contributed by atoms with Crippen LogP contribution < -0.4 is 5.14 Å². The lowest BCUT2D eigenvalue weighted by molar-refractivity contribution is -0.141. The molecule has 2 atom stereocenters. The zero-order valence-electron chi connectivity index (χ0n) is 9.52. The number of carboxylic acids is 1. The number of aliphatic carboxylic acids is 1. The second-order valence-corrected chi connectivity index (χ2v) is 5.40. The maximum atomic E-state index is 13.6. The zero-order valence-corrected chi connectivity index (χ0v) is 10.3. The summed E-state index contributed by atoms with van der Waals surface area (Å²) in [7, 11) is -4.09. The van der Waals surface area contributed by atoms with E-state index < -0.39 is 50.9 Å². The zero-order chi connectivity index (χ0) is 14.8. The number of nitrogens with two attached hydrogens (primary N) is 1. The Morgan fingerprint density at radius 1 is 1.37 bits per heavy atom. The first-order valence-electron chi connectivity index (χ1n) is 5.03. The van der Waals surface area contributed by atoms with Crippen LogP contribution in [0.4, 0.5) is 4.39 Å². The first kappa shape index (κ1) is 15.5. The lowest BCUT2D eigenvalue weighted by atomic mass is 10.0. The van der Waals surface area contributed by atoms with E-state index in [2.05, 4.69) is 0 Å². The van der Waals surface area contributed by atoms with Crippen molar-refractivity contribution in [2.24, 2.45) is 5.14 Å². The minimum absolute atomic E-state index is 0.416. The number of primary sulfonamides is 1. The molecule has 0 saturated heterocycles. The van der Waals surface area contributed by atoms with E-state index in [4.69, 9.17) is 10.2 Å². The average Bonchev–Trinajstić information content (AvgIpc) is 2.25. The summed E-state index contributed by atoms with van der Waals surface area (Å²) >= 11 is 0. The lowest BCUT2D eigenvalue weighted by Crippen LogP contribution is -2.23. The van der Waals surface area contributed by atoms with Crippen LogP contribution in [0.5, 0.6) is 0 Å². The van der Waals surface area contributed by atoms with E-state index in [1.165, 1.54) is 0 Å². The minimum Gasteiger partial charge on any atom is -0.481 e. The van der Waals surface area contributed by atoms with Gasteiger partial charge in [-0.15, -0.1) is 0 Å². The lowest BCUT2D eigenvalue weighted by Gasteiger charge is -2.17. The summed E-state index contributed by atoms with van der Waals surface area (Å²) in [5, 5.41) is 32.2. The number of benzene rings is 1. The van der Waals surface area contributed by atoms with Crippen LogP contribution in [0.3, 0.4) is 0 Å². The van der Waals surface area contributed by atoms with Crippen molar-refractivity contribution in [1.29, 1.82) is 0 Å². The van der Waals surface area contributed by atoms with Crippen molar-refractivity contribution in [2.45, 2.75) is 23.5 Å². The van der Waals surface area contributed by atoms with Gasteiger partial charge in [-0.2, -0.15) is 0 Å². The Hall–Kier alpha value is -1.55. The highest BCUT2D eigenvalue weighted by Gasteiger charge is 2.24. The molecule has 0 aliphatic heterocycles. The number of halogens is 1. The van der Waals surface area contributed by atoms with E-state index in [1.54, 1.807) is 0 Å². The third-order valence-electron chi connectivity index (χ3n) is 2.37. The van der Waals surface area contributed by atoms with Crippen LogP contribution in [0.25, 0.3) is 0 Å². The molecule has 0 radical (unpaired) electrons. The van der Waals surface area contributed by atoms with Gasteiger partial charge in [0, 0.05) is 5.56 Å². The number of sulfonamides is 1. The van der Waals surface area contributed by atoms with Crippen molar-refractivity contribution in [1.82, 2.24) is 0 Å². The fourth-order valence-corrected chi connectivity index (χ4v) is 1.95. The summed E-state index contributed by atoms with van der Waals surface area (Å²) < 4.78 is 35.5. The molecule has 2 unspecified atom stereocenters. The molecule has 0 spiro atoms. The smallest absolute Gasteiger partial charge is 0.306 e. The van der Waals surface area contributed by atoms with E-state index in [0.29, 0.717) is 6.07 Å². The highest BCUT2D eigenvalue weighted by atomic mass is 32.2. The highest BCUT2D eigenvalue weighted by molar-refractivity contribution is 7.89. The third-order valence-corrected chi connectivity index (χ3v) is 3.28. The number of aliphatic hydroxyl groups is 2. The van der Waals surface area contributed by atoms with Crippen LogP contribution in [-0.4, -0.2) is 35.8 Å². The molecule has 19 heavy (non-hydrogen) atoms. The van der Waals surface area contributed by atoms with Gasteiger partial charge < -0.3 is 15.3 Å². The van der Waals surface area contributed by atoms with Crippen molar-refractivity contribution in [2.75, 3.05) is 0 Å². The number of rotatable bonds is 5. The molecule has 0 aromatic heterocycles. The largest absolute Gasteiger partial charge is 0.481 e. The number of carboxylic acid groups (broad SMARTS) is 1. The van der Waals surface area contributed by atoms with Gasteiger partial charge in [0.1, 0.15) is 11.9 Å². The Kier molecular flexibility index (Phi) is 4.58. The fourth-order valence-electron chi connectivity index (χ4n) is 1.42. The van der Waals surface area contributed by atoms with Crippen molar-refractivity contribution in [3.05, 3.63) is 29.6 Å². The Bertz CT molecular complexity index is 588. The Morgan fingerprint density at radius 3 is 2.37 bits per heavy atom. The second kappa shape index (κ2) is 5.61. The van der Waals surface area contributed by atoms with Gasteiger partial charge in [0.05, 0.1) is 17.4 Å². The Labute approximate surface area is 108 Å². The summed E-state index contributed by atoms with van der Waals surface area (Å²) in [4.78, 5) is 9.86. The topological polar surface area (TPSA) is 138 Å². The molecule has 0 heterocycles. The number of carbonyl (C=O) groups is 1. The maximum absolute atomic E-state index is 13.6. The number of aliphatic hydroxyl groups excluding tert-OH is 2. The van der Waals surface area contributed by atoms with E-state index in [9.17, 15) is 27.8 Å².